The van der Waals surface area contributed by atoms with Crippen LogP contribution in [0.3, 0.4) is 0 Å². The fraction of sp³-hybridized carbons (Fsp3) is 0.714. The summed E-state index contributed by atoms with van der Waals surface area (Å²) in [6.07, 6.45) is 3.15. The van der Waals surface area contributed by atoms with Crippen molar-refractivity contribution in [2.24, 2.45) is 0 Å². The minimum Gasteiger partial charge on any atom is -0.380 e. The summed E-state index contributed by atoms with van der Waals surface area (Å²) < 4.78 is 7.11. The lowest BCUT2D eigenvalue weighted by Crippen LogP contribution is -2.32. The van der Waals surface area contributed by atoms with E-state index in [1.165, 1.54) is 12.8 Å². The Labute approximate surface area is 114 Å². The highest BCUT2D eigenvalue weighted by atomic mass is 16.5. The molecule has 2 rings (SSSR count). The minimum absolute atomic E-state index is 0.0356. The van der Waals surface area contributed by atoms with E-state index in [9.17, 15) is 4.79 Å². The Morgan fingerprint density at radius 2 is 2.05 bits per heavy atom. The van der Waals surface area contributed by atoms with Gasteiger partial charge < -0.3 is 9.64 Å². The van der Waals surface area contributed by atoms with E-state index in [2.05, 4.69) is 9.88 Å². The van der Waals surface area contributed by atoms with Crippen LogP contribution in [0.1, 0.15) is 32.4 Å². The molecule has 0 atom stereocenters. The molecule has 19 heavy (non-hydrogen) atoms. The number of aromatic nitrogens is 2. The standard InChI is InChI=1S/C14H23N3O2/c1-3-12-11-13(18)17(9-10-19-4-2)14(15-12)16-7-5-6-8-16/h11H,3-10H2,1-2H3. The Balaban J connectivity index is 2.29. The Morgan fingerprint density at radius 1 is 1.32 bits per heavy atom. The van der Waals surface area contributed by atoms with Crippen LogP contribution in [0.4, 0.5) is 5.95 Å². The topological polar surface area (TPSA) is 47.4 Å². The van der Waals surface area contributed by atoms with Gasteiger partial charge in [0.15, 0.2) is 0 Å². The average Bonchev–Trinajstić information content (AvgIpc) is 2.94. The first-order valence-electron chi connectivity index (χ1n) is 7.19. The molecule has 0 aliphatic carbocycles. The van der Waals surface area contributed by atoms with Crippen LogP contribution in [0, 0.1) is 0 Å². The van der Waals surface area contributed by atoms with E-state index in [0.29, 0.717) is 19.8 Å². The van der Waals surface area contributed by atoms with Crippen molar-refractivity contribution in [2.75, 3.05) is 31.2 Å². The van der Waals surface area contributed by atoms with E-state index in [0.717, 1.165) is 31.2 Å². The number of hydrogen-bond donors (Lipinski definition) is 0. The van der Waals surface area contributed by atoms with Crippen LogP contribution in [0.2, 0.25) is 0 Å². The largest absolute Gasteiger partial charge is 0.380 e. The molecule has 1 aromatic rings. The van der Waals surface area contributed by atoms with Gasteiger partial charge in [-0.1, -0.05) is 6.92 Å². The van der Waals surface area contributed by atoms with Gasteiger partial charge in [-0.15, -0.1) is 0 Å². The predicted molar refractivity (Wildman–Crippen MR) is 75.8 cm³/mol. The number of anilines is 1. The molecule has 1 saturated heterocycles. The fourth-order valence-electron chi connectivity index (χ4n) is 2.39. The van der Waals surface area contributed by atoms with Gasteiger partial charge in [-0.2, -0.15) is 0 Å². The molecule has 5 heteroatoms. The summed E-state index contributed by atoms with van der Waals surface area (Å²) in [7, 11) is 0. The van der Waals surface area contributed by atoms with Gasteiger partial charge in [0.2, 0.25) is 5.95 Å². The van der Waals surface area contributed by atoms with Crippen molar-refractivity contribution in [2.45, 2.75) is 39.7 Å². The molecule has 1 aliphatic rings. The maximum absolute atomic E-state index is 12.2. The Bertz CT molecular complexity index is 464. The van der Waals surface area contributed by atoms with E-state index in [-0.39, 0.29) is 5.56 Å². The first-order valence-corrected chi connectivity index (χ1v) is 7.19. The molecule has 0 aromatic carbocycles. The molecule has 0 amide bonds. The highest BCUT2D eigenvalue weighted by molar-refractivity contribution is 5.33. The molecule has 0 spiro atoms. The third kappa shape index (κ3) is 3.35. The maximum Gasteiger partial charge on any atom is 0.255 e. The zero-order valence-electron chi connectivity index (χ0n) is 11.9. The molecule has 0 radical (unpaired) electrons. The lowest BCUT2D eigenvalue weighted by Gasteiger charge is -2.21. The average molecular weight is 265 g/mol. The van der Waals surface area contributed by atoms with Crippen LogP contribution in [-0.4, -0.2) is 35.9 Å². The molecule has 106 valence electrons. The van der Waals surface area contributed by atoms with E-state index in [4.69, 9.17) is 4.74 Å². The highest BCUT2D eigenvalue weighted by Crippen LogP contribution is 2.17. The first-order chi connectivity index (χ1) is 9.26. The van der Waals surface area contributed by atoms with E-state index in [1.54, 1.807) is 10.6 Å². The molecule has 1 fully saturated rings. The van der Waals surface area contributed by atoms with Crippen LogP contribution < -0.4 is 10.5 Å². The number of ether oxygens (including phenoxy) is 1. The van der Waals surface area contributed by atoms with Crippen LogP contribution in [0.15, 0.2) is 10.9 Å². The van der Waals surface area contributed by atoms with E-state index in [1.807, 2.05) is 13.8 Å². The molecule has 0 bridgehead atoms. The molecule has 5 nitrogen and oxygen atoms in total. The van der Waals surface area contributed by atoms with Gasteiger partial charge in [0.25, 0.3) is 5.56 Å². The minimum atomic E-state index is 0.0356. The summed E-state index contributed by atoms with van der Waals surface area (Å²) in [5, 5.41) is 0. The zero-order chi connectivity index (χ0) is 13.7. The molecule has 0 N–H and O–H groups in total. The van der Waals surface area contributed by atoms with E-state index < -0.39 is 0 Å². The van der Waals surface area contributed by atoms with Crippen molar-refractivity contribution in [3.63, 3.8) is 0 Å². The van der Waals surface area contributed by atoms with E-state index >= 15 is 0 Å². The van der Waals surface area contributed by atoms with Crippen LogP contribution in [-0.2, 0) is 17.7 Å². The van der Waals surface area contributed by atoms with Gasteiger partial charge in [0, 0.05) is 31.5 Å². The monoisotopic (exact) mass is 265 g/mol. The smallest absolute Gasteiger partial charge is 0.255 e. The first kappa shape index (κ1) is 14.1. The van der Waals surface area contributed by atoms with Crippen molar-refractivity contribution in [1.29, 1.82) is 0 Å². The molecule has 2 heterocycles. The second kappa shape index (κ2) is 6.70. The summed E-state index contributed by atoms with van der Waals surface area (Å²) in [6.45, 7) is 7.79. The predicted octanol–water partition coefficient (Wildman–Crippen LogP) is 1.44. The molecule has 1 aromatic heterocycles. The number of aryl methyl sites for hydroxylation is 1. The van der Waals surface area contributed by atoms with Gasteiger partial charge in [0.1, 0.15) is 0 Å². The highest BCUT2D eigenvalue weighted by Gasteiger charge is 2.18. The van der Waals surface area contributed by atoms with Crippen molar-refractivity contribution < 1.29 is 4.74 Å². The quantitative estimate of drug-likeness (QED) is 0.730. The van der Waals surface area contributed by atoms with Crippen molar-refractivity contribution in [1.82, 2.24) is 9.55 Å². The SMILES string of the molecule is CCOCCn1c(N2CCCC2)nc(CC)cc1=O. The van der Waals surface area contributed by atoms with Gasteiger partial charge in [-0.25, -0.2) is 4.98 Å². The lowest BCUT2D eigenvalue weighted by molar-refractivity contribution is 0.138. The van der Waals surface area contributed by atoms with Gasteiger partial charge in [-0.05, 0) is 26.2 Å². The van der Waals surface area contributed by atoms with Gasteiger partial charge >= 0.3 is 0 Å². The van der Waals surface area contributed by atoms with Crippen molar-refractivity contribution in [3.8, 4) is 0 Å². The Hall–Kier alpha value is -1.36. The third-order valence-corrected chi connectivity index (χ3v) is 3.46. The number of rotatable bonds is 6. The summed E-state index contributed by atoms with van der Waals surface area (Å²) in [5.74, 6) is 0.821. The van der Waals surface area contributed by atoms with Crippen LogP contribution in [0.25, 0.3) is 0 Å². The molecule has 0 unspecified atom stereocenters. The summed E-state index contributed by atoms with van der Waals surface area (Å²) in [6, 6.07) is 1.64. The molecular formula is C14H23N3O2. The Morgan fingerprint density at radius 3 is 2.68 bits per heavy atom. The van der Waals surface area contributed by atoms with Crippen molar-refractivity contribution >= 4 is 5.95 Å². The summed E-state index contributed by atoms with van der Waals surface area (Å²) in [5.41, 5.74) is 0.910. The maximum atomic E-state index is 12.2. The van der Waals surface area contributed by atoms with Crippen LogP contribution >= 0.6 is 0 Å². The summed E-state index contributed by atoms with van der Waals surface area (Å²) in [4.78, 5) is 19.1. The Kier molecular flexibility index (Phi) is 4.96. The molecule has 0 saturated carbocycles. The third-order valence-electron chi connectivity index (χ3n) is 3.46. The molecule has 1 aliphatic heterocycles. The van der Waals surface area contributed by atoms with Gasteiger partial charge in [0.05, 0.1) is 13.2 Å². The summed E-state index contributed by atoms with van der Waals surface area (Å²) >= 11 is 0. The zero-order valence-corrected chi connectivity index (χ0v) is 11.9. The molecular weight excluding hydrogens is 242 g/mol. The van der Waals surface area contributed by atoms with Crippen LogP contribution in [0.5, 0.6) is 0 Å². The fourth-order valence-corrected chi connectivity index (χ4v) is 2.39. The lowest BCUT2D eigenvalue weighted by atomic mass is 10.3. The second-order valence-corrected chi connectivity index (χ2v) is 4.78. The van der Waals surface area contributed by atoms with Gasteiger partial charge in [-0.3, -0.25) is 9.36 Å². The number of hydrogen-bond acceptors (Lipinski definition) is 4. The number of nitrogens with zero attached hydrogens (tertiary/aromatic N) is 3. The normalized spacial score (nSPS) is 15.2. The van der Waals surface area contributed by atoms with Crippen molar-refractivity contribution in [3.05, 3.63) is 22.1 Å². The second-order valence-electron chi connectivity index (χ2n) is 4.78.